The number of Topliss-reactive ketones (excluding diaryl/α,β-unsaturated/α-hetero) is 1. The van der Waals surface area contributed by atoms with Gasteiger partial charge >= 0.3 is 0 Å². The summed E-state index contributed by atoms with van der Waals surface area (Å²) in [7, 11) is 0. The number of thiophene rings is 1. The van der Waals surface area contributed by atoms with E-state index in [4.69, 9.17) is 9.72 Å². The quantitative estimate of drug-likeness (QED) is 0.324. The third-order valence-electron chi connectivity index (χ3n) is 5.92. The van der Waals surface area contributed by atoms with E-state index >= 15 is 0 Å². The Morgan fingerprint density at radius 1 is 1.15 bits per heavy atom. The SMILES string of the molecule is O=C(CC1CCOC1)c1cc2ccc(-c3nccc(Nc4ccc5[nH]ncc5c4)n3)cc2s1. The molecule has 3 aromatic heterocycles. The van der Waals surface area contributed by atoms with Crippen molar-refractivity contribution in [2.24, 2.45) is 5.92 Å². The Morgan fingerprint density at radius 3 is 3.03 bits per heavy atom. The summed E-state index contributed by atoms with van der Waals surface area (Å²) in [6.45, 7) is 1.46. The second-order valence-corrected chi connectivity index (χ2v) is 9.37. The van der Waals surface area contributed by atoms with Gasteiger partial charge in [0.15, 0.2) is 11.6 Å². The Bertz CT molecular complexity index is 1470. The number of ether oxygens (including phenoxy) is 1. The highest BCUT2D eigenvalue weighted by Gasteiger charge is 2.21. The average molecular weight is 456 g/mol. The molecule has 4 heterocycles. The minimum atomic E-state index is 0.199. The maximum Gasteiger partial charge on any atom is 0.173 e. The fourth-order valence-electron chi connectivity index (χ4n) is 4.15. The zero-order valence-electron chi connectivity index (χ0n) is 17.7. The Balaban J connectivity index is 1.24. The van der Waals surface area contributed by atoms with Crippen molar-refractivity contribution in [2.45, 2.75) is 12.8 Å². The summed E-state index contributed by atoms with van der Waals surface area (Å²) < 4.78 is 6.47. The van der Waals surface area contributed by atoms with Gasteiger partial charge in [-0.3, -0.25) is 9.89 Å². The van der Waals surface area contributed by atoms with Gasteiger partial charge in [0.05, 0.1) is 16.6 Å². The Labute approximate surface area is 193 Å². The molecule has 164 valence electrons. The molecule has 1 aliphatic heterocycles. The van der Waals surface area contributed by atoms with E-state index in [-0.39, 0.29) is 5.78 Å². The van der Waals surface area contributed by atoms with Crippen molar-refractivity contribution in [3.05, 3.63) is 65.8 Å². The van der Waals surface area contributed by atoms with Crippen molar-refractivity contribution in [3.63, 3.8) is 0 Å². The number of carbonyl (C=O) groups is 1. The minimum Gasteiger partial charge on any atom is -0.381 e. The lowest BCUT2D eigenvalue weighted by Gasteiger charge is -2.07. The summed E-state index contributed by atoms with van der Waals surface area (Å²) in [6, 6.07) is 15.9. The van der Waals surface area contributed by atoms with Crippen LogP contribution in [0.25, 0.3) is 32.4 Å². The number of carbonyl (C=O) groups excluding carboxylic acids is 1. The van der Waals surface area contributed by atoms with E-state index in [1.165, 1.54) is 11.3 Å². The largest absolute Gasteiger partial charge is 0.381 e. The molecule has 7 nitrogen and oxygen atoms in total. The number of H-pyrrole nitrogens is 1. The topological polar surface area (TPSA) is 92.8 Å². The Hall–Kier alpha value is -3.62. The van der Waals surface area contributed by atoms with Crippen LogP contribution < -0.4 is 5.32 Å². The number of rotatable bonds is 6. The van der Waals surface area contributed by atoms with Crippen LogP contribution >= 0.6 is 11.3 Å². The number of hydrogen-bond acceptors (Lipinski definition) is 7. The number of benzene rings is 2. The zero-order chi connectivity index (χ0) is 22.2. The predicted molar refractivity (Wildman–Crippen MR) is 130 cm³/mol. The van der Waals surface area contributed by atoms with E-state index in [0.29, 0.717) is 30.6 Å². The van der Waals surface area contributed by atoms with Crippen LogP contribution in [0, 0.1) is 5.92 Å². The van der Waals surface area contributed by atoms with Crippen molar-refractivity contribution >= 4 is 49.6 Å². The average Bonchev–Trinajstić information content (AvgIpc) is 3.59. The standard InChI is InChI=1S/C25H21N5O2S/c31-21(9-15-6-8-32-14-15)23-11-16-1-2-17(12-22(16)33-23)25-26-7-5-24(29-25)28-19-3-4-20-18(10-19)13-27-30-20/h1-5,7,10-13,15H,6,8-9,14H2,(H,27,30)(H,26,28,29). The molecule has 2 N–H and O–H groups in total. The molecule has 1 aliphatic rings. The summed E-state index contributed by atoms with van der Waals surface area (Å²) in [5, 5.41) is 12.5. The smallest absolute Gasteiger partial charge is 0.173 e. The molecule has 8 heteroatoms. The van der Waals surface area contributed by atoms with E-state index in [2.05, 4.69) is 26.6 Å². The van der Waals surface area contributed by atoms with Crippen molar-refractivity contribution in [2.75, 3.05) is 18.5 Å². The van der Waals surface area contributed by atoms with Gasteiger partial charge in [0.1, 0.15) is 5.82 Å². The normalized spacial score (nSPS) is 15.9. The van der Waals surface area contributed by atoms with Gasteiger partial charge in [-0.05, 0) is 54.1 Å². The van der Waals surface area contributed by atoms with Gasteiger partial charge in [-0.15, -0.1) is 11.3 Å². The van der Waals surface area contributed by atoms with Crippen molar-refractivity contribution < 1.29 is 9.53 Å². The highest BCUT2D eigenvalue weighted by atomic mass is 32.1. The lowest BCUT2D eigenvalue weighted by Crippen LogP contribution is -2.07. The zero-order valence-corrected chi connectivity index (χ0v) is 18.6. The third kappa shape index (κ3) is 4.10. The molecule has 0 bridgehead atoms. The number of nitrogens with zero attached hydrogens (tertiary/aromatic N) is 3. The fraction of sp³-hybridized carbons (Fsp3) is 0.200. The van der Waals surface area contributed by atoms with Gasteiger partial charge in [0.25, 0.3) is 0 Å². The van der Waals surface area contributed by atoms with Crippen LogP contribution in [-0.4, -0.2) is 39.2 Å². The van der Waals surface area contributed by atoms with Crippen LogP contribution in [0.2, 0.25) is 0 Å². The van der Waals surface area contributed by atoms with Gasteiger partial charge in [-0.1, -0.05) is 12.1 Å². The number of aromatic nitrogens is 4. The number of hydrogen-bond donors (Lipinski definition) is 2. The van der Waals surface area contributed by atoms with Crippen molar-refractivity contribution in [1.29, 1.82) is 0 Å². The van der Waals surface area contributed by atoms with Gasteiger partial charge in [-0.2, -0.15) is 5.10 Å². The van der Waals surface area contributed by atoms with Crippen LogP contribution in [-0.2, 0) is 4.74 Å². The number of aromatic amines is 1. The summed E-state index contributed by atoms with van der Waals surface area (Å²) in [5.74, 6) is 1.89. The maximum absolute atomic E-state index is 12.7. The van der Waals surface area contributed by atoms with Gasteiger partial charge < -0.3 is 10.1 Å². The summed E-state index contributed by atoms with van der Waals surface area (Å²) in [5.41, 5.74) is 2.84. The summed E-state index contributed by atoms with van der Waals surface area (Å²) in [4.78, 5) is 22.7. The van der Waals surface area contributed by atoms with Crippen LogP contribution in [0.4, 0.5) is 11.5 Å². The van der Waals surface area contributed by atoms with E-state index < -0.39 is 0 Å². The molecule has 1 fully saturated rings. The molecule has 5 aromatic rings. The van der Waals surface area contributed by atoms with Crippen LogP contribution in [0.15, 0.2) is 60.9 Å². The lowest BCUT2D eigenvalue weighted by molar-refractivity contribution is 0.0957. The summed E-state index contributed by atoms with van der Waals surface area (Å²) in [6.07, 6.45) is 5.07. The molecule has 0 amide bonds. The number of ketones is 1. The first-order valence-corrected chi connectivity index (χ1v) is 11.7. The van der Waals surface area contributed by atoms with Crippen LogP contribution in [0.3, 0.4) is 0 Å². The van der Waals surface area contributed by atoms with E-state index in [0.717, 1.165) is 50.1 Å². The first kappa shape index (κ1) is 20.0. The first-order chi connectivity index (χ1) is 16.2. The molecule has 0 saturated carbocycles. The van der Waals surface area contributed by atoms with E-state index in [1.807, 2.05) is 42.5 Å². The molecule has 1 unspecified atom stereocenters. The lowest BCUT2D eigenvalue weighted by atomic mass is 10.0. The fourth-order valence-corrected chi connectivity index (χ4v) is 5.20. The molecule has 2 aromatic carbocycles. The Kier molecular flexibility index (Phi) is 5.09. The first-order valence-electron chi connectivity index (χ1n) is 10.9. The second-order valence-electron chi connectivity index (χ2n) is 8.28. The van der Waals surface area contributed by atoms with Gasteiger partial charge in [0, 0.05) is 47.2 Å². The van der Waals surface area contributed by atoms with Crippen molar-refractivity contribution in [1.82, 2.24) is 20.2 Å². The highest BCUT2D eigenvalue weighted by molar-refractivity contribution is 7.20. The Morgan fingerprint density at radius 2 is 2.12 bits per heavy atom. The van der Waals surface area contributed by atoms with E-state index in [9.17, 15) is 4.79 Å². The molecule has 6 rings (SSSR count). The van der Waals surface area contributed by atoms with Crippen LogP contribution in [0.1, 0.15) is 22.5 Å². The monoisotopic (exact) mass is 455 g/mol. The van der Waals surface area contributed by atoms with Gasteiger partial charge in [-0.25, -0.2) is 9.97 Å². The molecule has 1 saturated heterocycles. The molecule has 0 radical (unpaired) electrons. The predicted octanol–water partition coefficient (Wildman–Crippen LogP) is 5.59. The molecule has 33 heavy (non-hydrogen) atoms. The molecule has 1 atom stereocenters. The maximum atomic E-state index is 12.7. The number of nitrogens with one attached hydrogen (secondary N) is 2. The van der Waals surface area contributed by atoms with E-state index in [1.54, 1.807) is 12.4 Å². The number of anilines is 2. The third-order valence-corrected chi connectivity index (χ3v) is 7.06. The molecular formula is C25H21N5O2S. The molecular weight excluding hydrogens is 434 g/mol. The number of fused-ring (bicyclic) bond motifs is 2. The minimum absolute atomic E-state index is 0.199. The van der Waals surface area contributed by atoms with Crippen LogP contribution in [0.5, 0.6) is 0 Å². The van der Waals surface area contributed by atoms with Gasteiger partial charge in [0.2, 0.25) is 0 Å². The van der Waals surface area contributed by atoms with Crippen molar-refractivity contribution in [3.8, 4) is 11.4 Å². The molecule has 0 aliphatic carbocycles. The second kappa shape index (κ2) is 8.38. The highest BCUT2D eigenvalue weighted by Crippen LogP contribution is 2.32. The summed E-state index contributed by atoms with van der Waals surface area (Å²) >= 11 is 1.54. The molecule has 0 spiro atoms.